The molecule has 0 bridgehead atoms. The molecule has 0 N–H and O–H groups in total. The van der Waals surface area contributed by atoms with Crippen LogP contribution in [-0.4, -0.2) is 35.2 Å². The number of nitrogens with zero attached hydrogens (tertiary/aromatic N) is 3. The van der Waals surface area contributed by atoms with E-state index in [9.17, 15) is 0 Å². The van der Waals surface area contributed by atoms with Crippen molar-refractivity contribution in [1.82, 2.24) is 9.97 Å². The van der Waals surface area contributed by atoms with Gasteiger partial charge in [0.2, 0.25) is 0 Å². The minimum Gasteiger partial charge on any atom is -0.358 e. The second kappa shape index (κ2) is 5.41. The summed E-state index contributed by atoms with van der Waals surface area (Å²) in [7, 11) is 1.98. The number of rotatable bonds is 4. The zero-order chi connectivity index (χ0) is 10.6. The van der Waals surface area contributed by atoms with Gasteiger partial charge in [-0.2, -0.15) is 0 Å². The first-order valence-corrected chi connectivity index (χ1v) is 6.01. The lowest BCUT2D eigenvalue weighted by molar-refractivity contribution is 0.834. The van der Waals surface area contributed by atoms with Crippen LogP contribution in [0.4, 0.5) is 5.82 Å². The molecule has 0 spiro atoms. The summed E-state index contributed by atoms with van der Waals surface area (Å²) in [6.07, 6.45) is 3.58. The normalized spacial score (nSPS) is 12.6. The minimum absolute atomic E-state index is 0.118. The molecule has 0 aliphatic carbocycles. The summed E-state index contributed by atoms with van der Waals surface area (Å²) in [6.45, 7) is 2.75. The largest absolute Gasteiger partial charge is 0.358 e. The Morgan fingerprint density at radius 3 is 2.86 bits per heavy atom. The molecule has 0 fully saturated rings. The van der Waals surface area contributed by atoms with Crippen molar-refractivity contribution in [3.8, 4) is 0 Å². The fraction of sp³-hybridized carbons (Fsp3) is 0.556. The molecule has 14 heavy (non-hydrogen) atoms. The summed E-state index contributed by atoms with van der Waals surface area (Å²) >= 11 is 7.51. The van der Waals surface area contributed by atoms with Gasteiger partial charge < -0.3 is 4.90 Å². The Bertz CT molecular complexity index is 293. The molecule has 1 atom stereocenters. The highest BCUT2D eigenvalue weighted by molar-refractivity contribution is 7.98. The van der Waals surface area contributed by atoms with Crippen LogP contribution in [0.1, 0.15) is 6.92 Å². The van der Waals surface area contributed by atoms with Crippen molar-refractivity contribution in [1.29, 1.82) is 0 Å². The molecule has 78 valence electrons. The van der Waals surface area contributed by atoms with Gasteiger partial charge in [-0.15, -0.1) is 23.4 Å². The number of hydrogen-bond donors (Lipinski definition) is 0. The van der Waals surface area contributed by atoms with E-state index in [1.54, 1.807) is 18.1 Å². The molecule has 1 unspecified atom stereocenters. The Balaban J connectivity index is 2.73. The molecule has 0 amide bonds. The van der Waals surface area contributed by atoms with Gasteiger partial charge in [0.1, 0.15) is 17.2 Å². The van der Waals surface area contributed by atoms with E-state index < -0.39 is 0 Å². The topological polar surface area (TPSA) is 29.0 Å². The van der Waals surface area contributed by atoms with Crippen molar-refractivity contribution in [2.45, 2.75) is 17.3 Å². The van der Waals surface area contributed by atoms with E-state index in [4.69, 9.17) is 11.6 Å². The van der Waals surface area contributed by atoms with Gasteiger partial charge in [-0.05, 0) is 13.2 Å². The molecule has 3 nitrogen and oxygen atoms in total. The number of hydrogen-bond acceptors (Lipinski definition) is 4. The van der Waals surface area contributed by atoms with Crippen molar-refractivity contribution in [2.75, 3.05) is 24.7 Å². The second-order valence-corrected chi connectivity index (χ2v) is 4.65. The van der Waals surface area contributed by atoms with E-state index in [0.29, 0.717) is 0 Å². The van der Waals surface area contributed by atoms with Crippen molar-refractivity contribution in [3.63, 3.8) is 0 Å². The lowest BCUT2D eigenvalue weighted by Gasteiger charge is -2.19. The third-order valence-electron chi connectivity index (χ3n) is 1.75. The Hall–Kier alpha value is -0.480. The lowest BCUT2D eigenvalue weighted by atomic mass is 10.4. The van der Waals surface area contributed by atoms with E-state index >= 15 is 0 Å². The van der Waals surface area contributed by atoms with Gasteiger partial charge in [-0.3, -0.25) is 0 Å². The highest BCUT2D eigenvalue weighted by Gasteiger charge is 2.06. The molecule has 0 aliphatic rings. The highest BCUT2D eigenvalue weighted by atomic mass is 35.5. The first kappa shape index (κ1) is 11.6. The Morgan fingerprint density at radius 2 is 2.29 bits per heavy atom. The van der Waals surface area contributed by atoms with Crippen LogP contribution in [0, 0.1) is 0 Å². The summed E-state index contributed by atoms with van der Waals surface area (Å²) in [4.78, 5) is 10.3. The summed E-state index contributed by atoms with van der Waals surface area (Å²) < 4.78 is 0. The van der Waals surface area contributed by atoms with Gasteiger partial charge >= 0.3 is 0 Å². The zero-order valence-corrected chi connectivity index (χ0v) is 10.1. The third-order valence-corrected chi connectivity index (χ3v) is 2.53. The maximum absolute atomic E-state index is 5.91. The maximum atomic E-state index is 5.91. The lowest BCUT2D eigenvalue weighted by Crippen LogP contribution is -2.25. The van der Waals surface area contributed by atoms with Crippen LogP contribution < -0.4 is 4.90 Å². The summed E-state index contributed by atoms with van der Waals surface area (Å²) in [5.74, 6) is 0.914. The number of halogens is 1. The number of thioether (sulfide) groups is 1. The number of alkyl halides is 1. The molecule has 1 aromatic rings. The van der Waals surface area contributed by atoms with Gasteiger partial charge in [-0.1, -0.05) is 0 Å². The molecule has 0 aromatic carbocycles. The summed E-state index contributed by atoms with van der Waals surface area (Å²) in [6, 6.07) is 1.96. The molecule has 0 saturated heterocycles. The van der Waals surface area contributed by atoms with E-state index in [1.807, 2.05) is 31.2 Å². The fourth-order valence-corrected chi connectivity index (χ4v) is 1.70. The molecule has 1 aromatic heterocycles. The van der Waals surface area contributed by atoms with Crippen molar-refractivity contribution in [3.05, 3.63) is 12.4 Å². The van der Waals surface area contributed by atoms with Crippen molar-refractivity contribution >= 4 is 29.2 Å². The van der Waals surface area contributed by atoms with Crippen molar-refractivity contribution < 1.29 is 0 Å². The van der Waals surface area contributed by atoms with Crippen LogP contribution in [0.15, 0.2) is 17.4 Å². The molecular weight excluding hydrogens is 218 g/mol. The Labute approximate surface area is 93.9 Å². The van der Waals surface area contributed by atoms with E-state index in [1.165, 1.54) is 0 Å². The standard InChI is InChI=1S/C9H14ClN3S/c1-7(10)5-13(2)8-4-9(14-3)12-6-11-8/h4,6-7H,5H2,1-3H3. The quantitative estimate of drug-likeness (QED) is 0.452. The van der Waals surface area contributed by atoms with Gasteiger partial charge in [0.15, 0.2) is 0 Å². The van der Waals surface area contributed by atoms with Gasteiger partial charge in [0.25, 0.3) is 0 Å². The van der Waals surface area contributed by atoms with Crippen LogP contribution in [0.25, 0.3) is 0 Å². The first-order valence-electron chi connectivity index (χ1n) is 4.34. The Morgan fingerprint density at radius 1 is 1.57 bits per heavy atom. The van der Waals surface area contributed by atoms with E-state index in [-0.39, 0.29) is 5.38 Å². The average Bonchev–Trinajstić information content (AvgIpc) is 2.17. The smallest absolute Gasteiger partial charge is 0.132 e. The third kappa shape index (κ3) is 3.35. The predicted octanol–water partition coefficient (Wildman–Crippen LogP) is 2.26. The second-order valence-electron chi connectivity index (χ2n) is 3.08. The zero-order valence-electron chi connectivity index (χ0n) is 8.57. The fourth-order valence-electron chi connectivity index (χ4n) is 1.12. The first-order chi connectivity index (χ1) is 6.63. The molecule has 0 radical (unpaired) electrons. The highest BCUT2D eigenvalue weighted by Crippen LogP contribution is 2.16. The molecular formula is C9H14ClN3S. The van der Waals surface area contributed by atoms with Gasteiger partial charge in [0, 0.05) is 25.0 Å². The van der Waals surface area contributed by atoms with Crippen molar-refractivity contribution in [2.24, 2.45) is 0 Å². The van der Waals surface area contributed by atoms with Crippen LogP contribution >= 0.6 is 23.4 Å². The van der Waals surface area contributed by atoms with Crippen LogP contribution in [0.2, 0.25) is 0 Å². The molecule has 0 aliphatic heterocycles. The van der Waals surface area contributed by atoms with Gasteiger partial charge in [0.05, 0.1) is 0 Å². The monoisotopic (exact) mass is 231 g/mol. The summed E-state index contributed by atoms with van der Waals surface area (Å²) in [5.41, 5.74) is 0. The predicted molar refractivity (Wildman–Crippen MR) is 62.4 cm³/mol. The van der Waals surface area contributed by atoms with E-state index in [2.05, 4.69) is 9.97 Å². The van der Waals surface area contributed by atoms with Crippen LogP contribution in [0.5, 0.6) is 0 Å². The summed E-state index contributed by atoms with van der Waals surface area (Å²) in [5, 5.41) is 1.09. The molecule has 0 saturated carbocycles. The van der Waals surface area contributed by atoms with E-state index in [0.717, 1.165) is 17.4 Å². The average molecular weight is 232 g/mol. The number of anilines is 1. The maximum Gasteiger partial charge on any atom is 0.132 e. The minimum atomic E-state index is 0.118. The SMILES string of the molecule is CSc1cc(N(C)CC(C)Cl)ncn1. The molecule has 5 heteroatoms. The Kier molecular flexibility index (Phi) is 4.48. The van der Waals surface area contributed by atoms with Crippen LogP contribution in [-0.2, 0) is 0 Å². The number of aromatic nitrogens is 2. The molecule has 1 rings (SSSR count). The molecule has 1 heterocycles. The van der Waals surface area contributed by atoms with Gasteiger partial charge in [-0.25, -0.2) is 9.97 Å². The van der Waals surface area contributed by atoms with Crippen LogP contribution in [0.3, 0.4) is 0 Å².